The van der Waals surface area contributed by atoms with Crippen molar-refractivity contribution in [3.8, 4) is 17.2 Å². The standard InChI is InChI=1S/C20H16F2N2O7S/c1-3-30-20(26)19-17(11-18(25)24(23-19)13-6-4-12(21)5-7-13)31-32(27,28)14-8-9-16(29-2)15(22)10-14/h4-11H,3H2,1-2H3. The molecule has 9 nitrogen and oxygen atoms in total. The average Bonchev–Trinajstić information content (AvgIpc) is 2.74. The first kappa shape index (κ1) is 22.9. The number of halogens is 2. The molecule has 0 fully saturated rings. The number of nitrogens with zero attached hydrogens (tertiary/aromatic N) is 2. The molecule has 0 saturated carbocycles. The zero-order valence-electron chi connectivity index (χ0n) is 16.7. The molecule has 0 amide bonds. The van der Waals surface area contributed by atoms with Crippen molar-refractivity contribution in [2.24, 2.45) is 0 Å². The van der Waals surface area contributed by atoms with E-state index in [-0.39, 0.29) is 18.0 Å². The highest BCUT2D eigenvalue weighted by Gasteiger charge is 2.26. The third-order valence-corrected chi connectivity index (χ3v) is 5.28. The largest absolute Gasteiger partial charge is 0.494 e. The summed E-state index contributed by atoms with van der Waals surface area (Å²) in [5.41, 5.74) is -1.40. The molecule has 0 unspecified atom stereocenters. The molecule has 0 N–H and O–H groups in total. The second-order valence-corrected chi connectivity index (χ2v) is 7.68. The second-order valence-electron chi connectivity index (χ2n) is 6.14. The lowest BCUT2D eigenvalue weighted by Crippen LogP contribution is -2.26. The van der Waals surface area contributed by atoms with Crippen molar-refractivity contribution in [2.75, 3.05) is 13.7 Å². The van der Waals surface area contributed by atoms with Crippen LogP contribution in [-0.2, 0) is 14.9 Å². The molecule has 12 heteroatoms. The Morgan fingerprint density at radius 1 is 1.06 bits per heavy atom. The lowest BCUT2D eigenvalue weighted by Gasteiger charge is -2.13. The van der Waals surface area contributed by atoms with Gasteiger partial charge in [-0.2, -0.15) is 18.2 Å². The molecule has 1 aromatic heterocycles. The molecule has 2 aromatic carbocycles. The predicted octanol–water partition coefficient (Wildman–Crippen LogP) is 2.46. The fourth-order valence-electron chi connectivity index (χ4n) is 2.58. The van der Waals surface area contributed by atoms with Crippen LogP contribution in [0.3, 0.4) is 0 Å². The quantitative estimate of drug-likeness (QED) is 0.385. The van der Waals surface area contributed by atoms with Crippen molar-refractivity contribution < 1.29 is 35.6 Å². The predicted molar refractivity (Wildman–Crippen MR) is 107 cm³/mol. The van der Waals surface area contributed by atoms with E-state index in [2.05, 4.69) is 5.10 Å². The molecule has 168 valence electrons. The smallest absolute Gasteiger partial charge is 0.362 e. The Kier molecular flexibility index (Phi) is 6.53. The van der Waals surface area contributed by atoms with Gasteiger partial charge in [0.05, 0.1) is 25.5 Å². The fourth-order valence-corrected chi connectivity index (χ4v) is 3.52. The first-order valence-corrected chi connectivity index (χ1v) is 10.4. The van der Waals surface area contributed by atoms with Gasteiger partial charge in [0.2, 0.25) is 5.69 Å². The Labute approximate surface area is 180 Å². The molecule has 0 saturated heterocycles. The first-order valence-electron chi connectivity index (χ1n) is 9.01. The van der Waals surface area contributed by atoms with E-state index in [1.54, 1.807) is 0 Å². The molecule has 0 aliphatic rings. The number of benzene rings is 2. The van der Waals surface area contributed by atoms with Gasteiger partial charge in [0, 0.05) is 0 Å². The van der Waals surface area contributed by atoms with E-state index in [1.165, 1.54) is 26.2 Å². The zero-order valence-corrected chi connectivity index (χ0v) is 17.6. The maximum atomic E-state index is 13.9. The minimum Gasteiger partial charge on any atom is -0.494 e. The average molecular weight is 466 g/mol. The van der Waals surface area contributed by atoms with Gasteiger partial charge in [-0.15, -0.1) is 0 Å². The monoisotopic (exact) mass is 466 g/mol. The van der Waals surface area contributed by atoms with Crippen molar-refractivity contribution >= 4 is 16.1 Å². The molecule has 0 bridgehead atoms. The van der Waals surface area contributed by atoms with Gasteiger partial charge in [0.15, 0.2) is 17.3 Å². The second kappa shape index (κ2) is 9.14. The van der Waals surface area contributed by atoms with Crippen LogP contribution in [0.5, 0.6) is 11.5 Å². The van der Waals surface area contributed by atoms with Gasteiger partial charge in [-0.3, -0.25) is 4.79 Å². The van der Waals surface area contributed by atoms with Gasteiger partial charge in [-0.1, -0.05) is 0 Å². The first-order chi connectivity index (χ1) is 15.2. The fraction of sp³-hybridized carbons (Fsp3) is 0.150. The summed E-state index contributed by atoms with van der Waals surface area (Å²) < 4.78 is 67.7. The maximum absolute atomic E-state index is 13.9. The molecular formula is C20H16F2N2O7S. The van der Waals surface area contributed by atoms with Crippen molar-refractivity contribution in [1.82, 2.24) is 9.78 Å². The third-order valence-electron chi connectivity index (χ3n) is 4.05. The van der Waals surface area contributed by atoms with Crippen LogP contribution in [0.25, 0.3) is 5.69 Å². The number of esters is 1. The normalized spacial score (nSPS) is 11.1. The summed E-state index contributed by atoms with van der Waals surface area (Å²) in [7, 11) is -3.47. The number of carbonyl (C=O) groups is 1. The molecule has 32 heavy (non-hydrogen) atoms. The van der Waals surface area contributed by atoms with Crippen LogP contribution in [0.1, 0.15) is 17.4 Å². The Balaban J connectivity index is 2.09. The Morgan fingerprint density at radius 3 is 2.34 bits per heavy atom. The molecule has 1 heterocycles. The summed E-state index contributed by atoms with van der Waals surface area (Å²) in [6.07, 6.45) is 0. The van der Waals surface area contributed by atoms with Crippen molar-refractivity contribution in [1.29, 1.82) is 0 Å². The Morgan fingerprint density at radius 2 is 1.75 bits per heavy atom. The van der Waals surface area contributed by atoms with Gasteiger partial charge in [0.25, 0.3) is 5.56 Å². The van der Waals surface area contributed by atoms with E-state index in [1.807, 2.05) is 0 Å². The molecule has 0 aliphatic heterocycles. The topological polar surface area (TPSA) is 114 Å². The number of carbonyl (C=O) groups excluding carboxylic acids is 1. The lowest BCUT2D eigenvalue weighted by molar-refractivity contribution is 0.0515. The minimum absolute atomic E-state index is 0.0773. The maximum Gasteiger partial charge on any atom is 0.362 e. The van der Waals surface area contributed by atoms with E-state index in [0.29, 0.717) is 12.1 Å². The van der Waals surface area contributed by atoms with Crippen LogP contribution in [0.2, 0.25) is 0 Å². The summed E-state index contributed by atoms with van der Waals surface area (Å²) in [5.74, 6) is -3.52. The van der Waals surface area contributed by atoms with Gasteiger partial charge >= 0.3 is 16.1 Å². The number of aromatic nitrogens is 2. The molecule has 0 aliphatic carbocycles. The summed E-state index contributed by atoms with van der Waals surface area (Å²) in [4.78, 5) is 24.3. The van der Waals surface area contributed by atoms with E-state index >= 15 is 0 Å². The van der Waals surface area contributed by atoms with Gasteiger partial charge in [-0.05, 0) is 49.4 Å². The highest BCUT2D eigenvalue weighted by atomic mass is 32.2. The highest BCUT2D eigenvalue weighted by Crippen LogP contribution is 2.25. The molecule has 0 radical (unpaired) electrons. The SMILES string of the molecule is CCOC(=O)c1nn(-c2ccc(F)cc2)c(=O)cc1OS(=O)(=O)c1ccc(OC)c(F)c1. The molecule has 0 atom stereocenters. The van der Waals surface area contributed by atoms with Crippen LogP contribution in [0, 0.1) is 11.6 Å². The number of rotatable bonds is 7. The number of hydrogen-bond acceptors (Lipinski definition) is 8. The van der Waals surface area contributed by atoms with Gasteiger partial charge < -0.3 is 13.7 Å². The molecule has 3 aromatic rings. The summed E-state index contributed by atoms with van der Waals surface area (Å²) in [6.45, 7) is 1.43. The lowest BCUT2D eigenvalue weighted by atomic mass is 10.3. The highest BCUT2D eigenvalue weighted by molar-refractivity contribution is 7.87. The van der Waals surface area contributed by atoms with Crippen LogP contribution >= 0.6 is 0 Å². The Bertz CT molecular complexity index is 1320. The van der Waals surface area contributed by atoms with Crippen molar-refractivity contribution in [3.63, 3.8) is 0 Å². The molecule has 0 spiro atoms. The van der Waals surface area contributed by atoms with Crippen molar-refractivity contribution in [2.45, 2.75) is 11.8 Å². The van der Waals surface area contributed by atoms with E-state index < -0.39 is 49.6 Å². The summed E-state index contributed by atoms with van der Waals surface area (Å²) in [6, 6.07) is 8.07. The Hall–Kier alpha value is -3.80. The van der Waals surface area contributed by atoms with Gasteiger partial charge in [-0.25, -0.2) is 13.6 Å². The zero-order chi connectivity index (χ0) is 23.5. The van der Waals surface area contributed by atoms with E-state index in [9.17, 15) is 26.8 Å². The number of hydrogen-bond donors (Lipinski definition) is 0. The summed E-state index contributed by atoms with van der Waals surface area (Å²) >= 11 is 0. The van der Waals surface area contributed by atoms with Crippen LogP contribution < -0.4 is 14.5 Å². The van der Waals surface area contributed by atoms with E-state index in [4.69, 9.17) is 13.7 Å². The number of ether oxygens (including phenoxy) is 2. The minimum atomic E-state index is -4.67. The van der Waals surface area contributed by atoms with Crippen LogP contribution in [0.15, 0.2) is 58.2 Å². The van der Waals surface area contributed by atoms with Crippen LogP contribution in [-0.4, -0.2) is 37.9 Å². The summed E-state index contributed by atoms with van der Waals surface area (Å²) in [5, 5.41) is 3.84. The van der Waals surface area contributed by atoms with Crippen LogP contribution in [0.4, 0.5) is 8.78 Å². The third kappa shape index (κ3) is 4.75. The molecular weight excluding hydrogens is 450 g/mol. The van der Waals surface area contributed by atoms with Crippen molar-refractivity contribution in [3.05, 3.63) is 76.2 Å². The van der Waals surface area contributed by atoms with Gasteiger partial charge in [0.1, 0.15) is 10.7 Å². The van der Waals surface area contributed by atoms with E-state index in [0.717, 1.165) is 28.9 Å². The molecule has 3 rings (SSSR count). The number of methoxy groups -OCH3 is 1.